The summed E-state index contributed by atoms with van der Waals surface area (Å²) in [5, 5.41) is 21.5. The highest BCUT2D eigenvalue weighted by Gasteiger charge is 2.43. The maximum Gasteiger partial charge on any atom is 0.217 e. The van der Waals surface area contributed by atoms with E-state index in [4.69, 9.17) is 9.47 Å². The Morgan fingerprint density at radius 1 is 1.47 bits per heavy atom. The molecule has 1 heterocycles. The Morgan fingerprint density at radius 3 is 2.53 bits per heavy atom. The van der Waals surface area contributed by atoms with Crippen LogP contribution in [0, 0.1) is 0 Å². The summed E-state index contributed by atoms with van der Waals surface area (Å²) >= 11 is 0. The summed E-state index contributed by atoms with van der Waals surface area (Å²) in [6, 6.07) is -0.661. The van der Waals surface area contributed by atoms with Gasteiger partial charge in [-0.1, -0.05) is 0 Å². The fourth-order valence-corrected chi connectivity index (χ4v) is 1.78. The molecule has 0 aliphatic carbocycles. The van der Waals surface area contributed by atoms with Crippen molar-refractivity contribution in [2.75, 3.05) is 7.11 Å². The number of aliphatic hydroxyl groups excluding tert-OH is 2. The summed E-state index contributed by atoms with van der Waals surface area (Å²) in [7, 11) is 1.46. The lowest BCUT2D eigenvalue weighted by Gasteiger charge is -2.41. The van der Waals surface area contributed by atoms with Crippen LogP contribution in [0.1, 0.15) is 13.8 Å². The van der Waals surface area contributed by atoms with Gasteiger partial charge in [-0.05, 0) is 6.92 Å². The van der Waals surface area contributed by atoms with Gasteiger partial charge < -0.3 is 25.0 Å². The molecule has 1 rings (SSSR count). The minimum Gasteiger partial charge on any atom is -0.386 e. The molecule has 0 aromatic rings. The zero-order valence-electron chi connectivity index (χ0n) is 9.01. The number of aliphatic hydroxyl groups is 2. The topological polar surface area (TPSA) is 88.0 Å². The van der Waals surface area contributed by atoms with Crippen molar-refractivity contribution in [2.45, 2.75) is 44.5 Å². The zero-order chi connectivity index (χ0) is 11.6. The monoisotopic (exact) mass is 219 g/mol. The van der Waals surface area contributed by atoms with Gasteiger partial charge in [0.2, 0.25) is 5.91 Å². The first-order chi connectivity index (χ1) is 6.97. The minimum atomic E-state index is -1.30. The molecule has 0 saturated carbocycles. The number of amides is 1. The van der Waals surface area contributed by atoms with E-state index in [-0.39, 0.29) is 5.91 Å². The van der Waals surface area contributed by atoms with E-state index in [0.29, 0.717) is 0 Å². The van der Waals surface area contributed by atoms with E-state index in [2.05, 4.69) is 5.32 Å². The van der Waals surface area contributed by atoms with Crippen molar-refractivity contribution in [3.8, 4) is 0 Å². The second-order valence-corrected chi connectivity index (χ2v) is 3.65. The smallest absolute Gasteiger partial charge is 0.217 e. The van der Waals surface area contributed by atoms with Gasteiger partial charge in [-0.15, -0.1) is 0 Å². The van der Waals surface area contributed by atoms with Crippen LogP contribution in [0.2, 0.25) is 0 Å². The summed E-state index contributed by atoms with van der Waals surface area (Å²) in [5.41, 5.74) is 0. The molecule has 88 valence electrons. The number of rotatable bonds is 2. The average Bonchev–Trinajstić information content (AvgIpc) is 2.13. The van der Waals surface area contributed by atoms with Gasteiger partial charge in [0.25, 0.3) is 0 Å². The maximum atomic E-state index is 10.9. The molecule has 0 spiro atoms. The van der Waals surface area contributed by atoms with E-state index in [0.717, 1.165) is 0 Å². The van der Waals surface area contributed by atoms with Gasteiger partial charge in [-0.25, -0.2) is 0 Å². The van der Waals surface area contributed by atoms with Crippen LogP contribution in [-0.4, -0.2) is 53.9 Å². The van der Waals surface area contributed by atoms with Crippen LogP contribution >= 0.6 is 0 Å². The van der Waals surface area contributed by atoms with Crippen molar-refractivity contribution in [1.29, 1.82) is 0 Å². The summed E-state index contributed by atoms with van der Waals surface area (Å²) in [6.07, 6.45) is -3.36. The highest BCUT2D eigenvalue weighted by Crippen LogP contribution is 2.21. The fourth-order valence-electron chi connectivity index (χ4n) is 1.78. The van der Waals surface area contributed by atoms with E-state index < -0.39 is 30.6 Å². The molecular weight excluding hydrogens is 202 g/mol. The van der Waals surface area contributed by atoms with Crippen LogP contribution in [0.4, 0.5) is 0 Å². The Hall–Kier alpha value is -0.690. The van der Waals surface area contributed by atoms with E-state index in [1.807, 2.05) is 0 Å². The Kier molecular flexibility index (Phi) is 4.04. The molecule has 0 aromatic carbocycles. The standard InChI is InChI=1S/C9H17NO5/c1-4-8(14-3)6(10-5(2)11)7(12)9(13)15-4/h4,6-9,12-13H,1-3H3,(H,10,11)/t4-,6-,7-,8-,9-/m0/s1. The summed E-state index contributed by atoms with van der Waals surface area (Å²) in [5.74, 6) is -0.289. The molecule has 1 aliphatic heterocycles. The van der Waals surface area contributed by atoms with Crippen molar-refractivity contribution < 1.29 is 24.5 Å². The van der Waals surface area contributed by atoms with Gasteiger partial charge in [-0.3, -0.25) is 4.79 Å². The number of hydrogen-bond donors (Lipinski definition) is 3. The van der Waals surface area contributed by atoms with Gasteiger partial charge in [0.15, 0.2) is 6.29 Å². The number of nitrogens with one attached hydrogen (secondary N) is 1. The lowest BCUT2D eigenvalue weighted by atomic mass is 9.96. The third-order valence-corrected chi connectivity index (χ3v) is 2.47. The molecule has 1 amide bonds. The van der Waals surface area contributed by atoms with Crippen LogP contribution < -0.4 is 5.32 Å². The number of hydrogen-bond acceptors (Lipinski definition) is 5. The Morgan fingerprint density at radius 2 is 2.07 bits per heavy atom. The number of ether oxygens (including phenoxy) is 2. The van der Waals surface area contributed by atoms with Crippen molar-refractivity contribution in [2.24, 2.45) is 0 Å². The Labute approximate surface area is 88.2 Å². The third-order valence-electron chi connectivity index (χ3n) is 2.47. The molecule has 0 unspecified atom stereocenters. The predicted octanol–water partition coefficient (Wildman–Crippen LogP) is -1.40. The molecule has 6 heteroatoms. The molecule has 0 aromatic heterocycles. The van der Waals surface area contributed by atoms with Gasteiger partial charge in [-0.2, -0.15) is 0 Å². The molecule has 6 nitrogen and oxygen atoms in total. The zero-order valence-corrected chi connectivity index (χ0v) is 9.01. The maximum absolute atomic E-state index is 10.9. The lowest BCUT2D eigenvalue weighted by molar-refractivity contribution is -0.255. The highest BCUT2D eigenvalue weighted by molar-refractivity contribution is 5.73. The van der Waals surface area contributed by atoms with Crippen LogP contribution in [-0.2, 0) is 14.3 Å². The molecule has 0 bridgehead atoms. The van der Waals surface area contributed by atoms with Gasteiger partial charge in [0.05, 0.1) is 12.1 Å². The largest absolute Gasteiger partial charge is 0.386 e. The number of methoxy groups -OCH3 is 1. The van der Waals surface area contributed by atoms with Crippen LogP contribution in [0.5, 0.6) is 0 Å². The van der Waals surface area contributed by atoms with Crippen molar-refractivity contribution in [3.05, 3.63) is 0 Å². The molecule has 3 N–H and O–H groups in total. The summed E-state index contributed by atoms with van der Waals surface area (Å²) in [4.78, 5) is 10.9. The van der Waals surface area contributed by atoms with Crippen molar-refractivity contribution in [3.63, 3.8) is 0 Å². The average molecular weight is 219 g/mol. The molecule has 0 radical (unpaired) electrons. The van der Waals surface area contributed by atoms with E-state index in [1.165, 1.54) is 14.0 Å². The summed E-state index contributed by atoms with van der Waals surface area (Å²) < 4.78 is 10.2. The second-order valence-electron chi connectivity index (χ2n) is 3.65. The van der Waals surface area contributed by atoms with Crippen LogP contribution in [0.25, 0.3) is 0 Å². The normalized spacial score (nSPS) is 41.3. The second kappa shape index (κ2) is 4.89. The van der Waals surface area contributed by atoms with Crippen LogP contribution in [0.15, 0.2) is 0 Å². The highest BCUT2D eigenvalue weighted by atomic mass is 16.6. The molecular formula is C9H17NO5. The van der Waals surface area contributed by atoms with Crippen molar-refractivity contribution >= 4 is 5.91 Å². The third kappa shape index (κ3) is 2.66. The molecule has 1 aliphatic rings. The summed E-state index contributed by atoms with van der Waals surface area (Å²) in [6.45, 7) is 3.05. The number of carbonyl (C=O) groups is 1. The Bertz CT molecular complexity index is 235. The van der Waals surface area contributed by atoms with Gasteiger partial charge in [0.1, 0.15) is 12.2 Å². The van der Waals surface area contributed by atoms with Gasteiger partial charge >= 0.3 is 0 Å². The van der Waals surface area contributed by atoms with E-state index in [1.54, 1.807) is 6.92 Å². The Balaban J connectivity index is 2.78. The molecule has 15 heavy (non-hydrogen) atoms. The first kappa shape index (κ1) is 12.4. The van der Waals surface area contributed by atoms with E-state index in [9.17, 15) is 15.0 Å². The molecule has 1 saturated heterocycles. The van der Waals surface area contributed by atoms with Crippen molar-refractivity contribution in [1.82, 2.24) is 5.32 Å². The molecule has 1 fully saturated rings. The quantitative estimate of drug-likeness (QED) is 0.532. The first-order valence-corrected chi connectivity index (χ1v) is 4.79. The van der Waals surface area contributed by atoms with E-state index >= 15 is 0 Å². The van der Waals surface area contributed by atoms with Crippen LogP contribution in [0.3, 0.4) is 0 Å². The van der Waals surface area contributed by atoms with Gasteiger partial charge in [0, 0.05) is 14.0 Å². The first-order valence-electron chi connectivity index (χ1n) is 4.79. The lowest BCUT2D eigenvalue weighted by Crippen LogP contribution is -2.63. The SMILES string of the molecule is CO[C@@H]1[C@@H](NC(C)=O)[C@H](O)[C@@H](O)O[C@H]1C. The fraction of sp³-hybridized carbons (Fsp3) is 0.889. The minimum absolute atomic E-state index is 0.289. The molecule has 5 atom stereocenters. The number of carbonyl (C=O) groups excluding carboxylic acids is 1. The predicted molar refractivity (Wildman–Crippen MR) is 51.0 cm³/mol.